The van der Waals surface area contributed by atoms with E-state index < -0.39 is 9.84 Å². The van der Waals surface area contributed by atoms with Gasteiger partial charge in [-0.25, -0.2) is 8.42 Å². The Morgan fingerprint density at radius 3 is 2.52 bits per heavy atom. The second-order valence-electron chi connectivity index (χ2n) is 7.48. The van der Waals surface area contributed by atoms with Gasteiger partial charge in [-0.3, -0.25) is 4.79 Å². The highest BCUT2D eigenvalue weighted by Crippen LogP contribution is 2.29. The lowest BCUT2D eigenvalue weighted by Gasteiger charge is -2.20. The van der Waals surface area contributed by atoms with Gasteiger partial charge in [-0.2, -0.15) is 0 Å². The van der Waals surface area contributed by atoms with Crippen molar-refractivity contribution in [1.82, 2.24) is 4.90 Å². The minimum Gasteiger partial charge on any atom is -0.493 e. The number of carbonyl (C=O) groups excluding carboxylic acids is 1. The van der Waals surface area contributed by atoms with E-state index in [4.69, 9.17) is 9.47 Å². The van der Waals surface area contributed by atoms with Gasteiger partial charge < -0.3 is 14.4 Å². The summed E-state index contributed by atoms with van der Waals surface area (Å²) in [6.45, 7) is 0.868. The minimum atomic E-state index is -2.97. The van der Waals surface area contributed by atoms with E-state index in [1.54, 1.807) is 19.1 Å². The Hall–Kier alpha value is -2.54. The lowest BCUT2D eigenvalue weighted by atomic mass is 10.0. The van der Waals surface area contributed by atoms with Gasteiger partial charge in [0.15, 0.2) is 21.3 Å². The number of nitrogens with zero attached hydrogens (tertiary/aromatic N) is 1. The first-order valence-corrected chi connectivity index (χ1v) is 11.5. The van der Waals surface area contributed by atoms with Crippen molar-refractivity contribution in [2.45, 2.75) is 26.0 Å². The lowest BCUT2D eigenvalue weighted by Crippen LogP contribution is -2.28. The fraction of sp³-hybridized carbons (Fsp3) is 0.409. The molecule has 0 unspecified atom stereocenters. The number of rotatable bonds is 8. The number of sulfone groups is 1. The van der Waals surface area contributed by atoms with Gasteiger partial charge in [-0.05, 0) is 35.6 Å². The first-order valence-electron chi connectivity index (χ1n) is 9.64. The molecule has 2 aromatic rings. The highest BCUT2D eigenvalue weighted by atomic mass is 32.2. The average molecular weight is 418 g/mol. The second-order valence-corrected chi connectivity index (χ2v) is 9.71. The van der Waals surface area contributed by atoms with E-state index in [1.165, 1.54) is 0 Å². The maximum atomic E-state index is 12.5. The zero-order valence-electron chi connectivity index (χ0n) is 16.8. The number of methoxy groups -OCH3 is 1. The number of ether oxygens (including phenoxy) is 2. The molecule has 7 heteroatoms. The molecular weight excluding hydrogens is 390 g/mol. The van der Waals surface area contributed by atoms with Crippen LogP contribution in [0.25, 0.3) is 0 Å². The summed E-state index contributed by atoms with van der Waals surface area (Å²) in [5.41, 5.74) is 1.99. The lowest BCUT2D eigenvalue weighted by molar-refractivity contribution is -0.131. The van der Waals surface area contributed by atoms with Gasteiger partial charge in [0.05, 0.1) is 18.6 Å². The first-order chi connectivity index (χ1) is 13.9. The molecule has 6 nitrogen and oxygen atoms in total. The van der Waals surface area contributed by atoms with Crippen molar-refractivity contribution < 1.29 is 22.7 Å². The van der Waals surface area contributed by atoms with Crippen molar-refractivity contribution in [3.05, 3.63) is 59.7 Å². The predicted octanol–water partition coefficient (Wildman–Crippen LogP) is 3.06. The summed E-state index contributed by atoms with van der Waals surface area (Å²) in [5.74, 6) is 1.45. The van der Waals surface area contributed by atoms with Gasteiger partial charge in [-0.1, -0.05) is 36.4 Å². The molecule has 1 fully saturated rings. The van der Waals surface area contributed by atoms with Crippen LogP contribution in [-0.2, 0) is 27.8 Å². The Balaban J connectivity index is 1.58. The topological polar surface area (TPSA) is 72.9 Å². The predicted molar refractivity (Wildman–Crippen MR) is 112 cm³/mol. The summed E-state index contributed by atoms with van der Waals surface area (Å²) in [6.07, 6.45) is 0.842. The number of benzene rings is 2. The van der Waals surface area contributed by atoms with Gasteiger partial charge in [0.1, 0.15) is 6.61 Å². The minimum absolute atomic E-state index is 0.0459. The quantitative estimate of drug-likeness (QED) is 0.660. The van der Waals surface area contributed by atoms with Crippen LogP contribution in [0.1, 0.15) is 24.0 Å². The van der Waals surface area contributed by atoms with Crippen LogP contribution in [0.15, 0.2) is 48.5 Å². The number of carbonyl (C=O) groups is 1. The Bertz CT molecular complexity index is 943. The summed E-state index contributed by atoms with van der Waals surface area (Å²) in [4.78, 5) is 14.1. The third-order valence-electron chi connectivity index (χ3n) is 5.10. The van der Waals surface area contributed by atoms with E-state index in [9.17, 15) is 13.2 Å². The van der Waals surface area contributed by atoms with Gasteiger partial charge >= 0.3 is 0 Å². The summed E-state index contributed by atoms with van der Waals surface area (Å²) in [5, 5.41) is 0. The molecule has 0 aliphatic carbocycles. The average Bonchev–Trinajstić information content (AvgIpc) is 3.05. The standard InChI is InChI=1S/C22H27NO5S/c1-23(22(24)13-19-10-11-29(25,26)16-19)14-18-8-9-20(21(12-18)27-2)28-15-17-6-4-3-5-7-17/h3-9,12,19H,10-11,13-16H2,1-2H3/t19-/m1/s1. The number of amides is 1. The van der Waals surface area contributed by atoms with Crippen LogP contribution in [0, 0.1) is 5.92 Å². The highest BCUT2D eigenvalue weighted by molar-refractivity contribution is 7.91. The van der Waals surface area contributed by atoms with E-state index in [0.717, 1.165) is 11.1 Å². The van der Waals surface area contributed by atoms with Crippen LogP contribution in [0.5, 0.6) is 11.5 Å². The van der Waals surface area contributed by atoms with Crippen LogP contribution in [0.4, 0.5) is 0 Å². The van der Waals surface area contributed by atoms with E-state index in [1.807, 2.05) is 48.5 Å². The summed E-state index contributed by atoms with van der Waals surface area (Å²) in [6, 6.07) is 15.5. The van der Waals surface area contributed by atoms with Crippen molar-refractivity contribution in [2.24, 2.45) is 5.92 Å². The Kier molecular flexibility index (Phi) is 6.79. The van der Waals surface area contributed by atoms with Crippen LogP contribution in [0.3, 0.4) is 0 Å². The van der Waals surface area contributed by atoms with E-state index in [-0.39, 0.29) is 29.8 Å². The summed E-state index contributed by atoms with van der Waals surface area (Å²) < 4.78 is 34.5. The second kappa shape index (κ2) is 9.31. The Labute approximate surface area is 172 Å². The molecule has 1 saturated heterocycles. The summed E-state index contributed by atoms with van der Waals surface area (Å²) >= 11 is 0. The normalized spacial score (nSPS) is 17.7. The smallest absolute Gasteiger partial charge is 0.222 e. The molecule has 2 aromatic carbocycles. The number of hydrogen-bond donors (Lipinski definition) is 0. The molecule has 3 rings (SSSR count). The molecule has 1 aliphatic rings. The van der Waals surface area contributed by atoms with Gasteiger partial charge in [0.25, 0.3) is 0 Å². The molecule has 1 heterocycles. The largest absolute Gasteiger partial charge is 0.493 e. The molecular formula is C22H27NO5S. The van der Waals surface area contributed by atoms with Crippen molar-refractivity contribution >= 4 is 15.7 Å². The van der Waals surface area contributed by atoms with E-state index >= 15 is 0 Å². The van der Waals surface area contributed by atoms with Gasteiger partial charge in [-0.15, -0.1) is 0 Å². The number of hydrogen-bond acceptors (Lipinski definition) is 5. The molecule has 0 aromatic heterocycles. The fourth-order valence-corrected chi connectivity index (χ4v) is 5.32. The molecule has 29 heavy (non-hydrogen) atoms. The van der Waals surface area contributed by atoms with Crippen LogP contribution in [0.2, 0.25) is 0 Å². The molecule has 1 aliphatic heterocycles. The van der Waals surface area contributed by atoms with Crippen molar-refractivity contribution in [2.75, 3.05) is 25.7 Å². The molecule has 156 valence electrons. The molecule has 0 saturated carbocycles. The molecule has 0 radical (unpaired) electrons. The molecule has 1 amide bonds. The van der Waals surface area contributed by atoms with E-state index in [2.05, 4.69) is 0 Å². The maximum absolute atomic E-state index is 12.5. The molecule has 0 bridgehead atoms. The fourth-order valence-electron chi connectivity index (χ4n) is 3.46. The van der Waals surface area contributed by atoms with Crippen LogP contribution < -0.4 is 9.47 Å². The highest BCUT2D eigenvalue weighted by Gasteiger charge is 2.30. The van der Waals surface area contributed by atoms with Crippen molar-refractivity contribution in [3.63, 3.8) is 0 Å². The maximum Gasteiger partial charge on any atom is 0.222 e. The molecule has 0 spiro atoms. The summed E-state index contributed by atoms with van der Waals surface area (Å²) in [7, 11) is 0.355. The Morgan fingerprint density at radius 2 is 1.86 bits per heavy atom. The van der Waals surface area contributed by atoms with E-state index in [0.29, 0.717) is 31.1 Å². The molecule has 0 N–H and O–H groups in total. The monoisotopic (exact) mass is 417 g/mol. The third kappa shape index (κ3) is 5.97. The molecule has 1 atom stereocenters. The Morgan fingerprint density at radius 1 is 1.10 bits per heavy atom. The zero-order chi connectivity index (χ0) is 20.9. The van der Waals surface area contributed by atoms with Crippen LogP contribution in [-0.4, -0.2) is 44.9 Å². The van der Waals surface area contributed by atoms with Crippen molar-refractivity contribution in [3.8, 4) is 11.5 Å². The van der Waals surface area contributed by atoms with Gasteiger partial charge in [0, 0.05) is 20.0 Å². The van der Waals surface area contributed by atoms with Gasteiger partial charge in [0.2, 0.25) is 5.91 Å². The zero-order valence-corrected chi connectivity index (χ0v) is 17.7. The van der Waals surface area contributed by atoms with Crippen LogP contribution >= 0.6 is 0 Å². The van der Waals surface area contributed by atoms with Crippen molar-refractivity contribution in [1.29, 1.82) is 0 Å². The third-order valence-corrected chi connectivity index (χ3v) is 6.94. The first kappa shape index (κ1) is 21.2. The SMILES string of the molecule is COc1cc(CN(C)C(=O)C[C@H]2CCS(=O)(=O)C2)ccc1OCc1ccccc1.